The van der Waals surface area contributed by atoms with Crippen LogP contribution in [0.2, 0.25) is 0 Å². The predicted octanol–water partition coefficient (Wildman–Crippen LogP) is 4.34. The highest BCUT2D eigenvalue weighted by atomic mass is 16.2. The van der Waals surface area contributed by atoms with Crippen LogP contribution < -0.4 is 16.0 Å². The SMILES string of the molecule is Cc1cccc(C)c1NC(=O)CNc1cccc(NC(=O)C(C)(C)C)c1. The van der Waals surface area contributed by atoms with Crippen molar-refractivity contribution in [3.8, 4) is 0 Å². The van der Waals surface area contributed by atoms with Gasteiger partial charge in [-0.3, -0.25) is 9.59 Å². The molecule has 5 nitrogen and oxygen atoms in total. The Labute approximate surface area is 155 Å². The molecule has 0 bridgehead atoms. The van der Waals surface area contributed by atoms with Gasteiger partial charge in [-0.15, -0.1) is 0 Å². The van der Waals surface area contributed by atoms with Crippen LogP contribution in [0.5, 0.6) is 0 Å². The Kier molecular flexibility index (Phi) is 6.03. The number of rotatable bonds is 5. The highest BCUT2D eigenvalue weighted by molar-refractivity contribution is 5.96. The van der Waals surface area contributed by atoms with Gasteiger partial charge in [0.1, 0.15) is 0 Å². The zero-order valence-corrected chi connectivity index (χ0v) is 16.1. The van der Waals surface area contributed by atoms with E-state index in [9.17, 15) is 9.59 Å². The Balaban J connectivity index is 1.96. The molecule has 3 N–H and O–H groups in total. The van der Waals surface area contributed by atoms with Gasteiger partial charge in [0.2, 0.25) is 11.8 Å². The maximum Gasteiger partial charge on any atom is 0.243 e. The molecule has 0 atom stereocenters. The summed E-state index contributed by atoms with van der Waals surface area (Å²) in [5.41, 5.74) is 3.92. The number of carbonyl (C=O) groups is 2. The van der Waals surface area contributed by atoms with Crippen molar-refractivity contribution >= 4 is 28.9 Å². The second kappa shape index (κ2) is 8.04. The van der Waals surface area contributed by atoms with Gasteiger partial charge in [0.15, 0.2) is 0 Å². The van der Waals surface area contributed by atoms with Gasteiger partial charge in [0, 0.05) is 22.5 Å². The van der Waals surface area contributed by atoms with E-state index in [0.717, 1.165) is 22.5 Å². The van der Waals surface area contributed by atoms with Gasteiger partial charge >= 0.3 is 0 Å². The van der Waals surface area contributed by atoms with E-state index in [4.69, 9.17) is 0 Å². The highest BCUT2D eigenvalue weighted by Gasteiger charge is 2.21. The first-order valence-electron chi connectivity index (χ1n) is 8.68. The molecule has 0 aliphatic carbocycles. The third-order valence-electron chi connectivity index (χ3n) is 4.00. The molecule has 0 unspecified atom stereocenters. The molecule has 0 heterocycles. The largest absolute Gasteiger partial charge is 0.376 e. The van der Waals surface area contributed by atoms with Crippen molar-refractivity contribution in [1.82, 2.24) is 0 Å². The molecule has 0 saturated heterocycles. The van der Waals surface area contributed by atoms with E-state index >= 15 is 0 Å². The normalized spacial score (nSPS) is 11.0. The molecule has 2 aromatic carbocycles. The summed E-state index contributed by atoms with van der Waals surface area (Å²) in [6.07, 6.45) is 0. The topological polar surface area (TPSA) is 70.2 Å². The highest BCUT2D eigenvalue weighted by Crippen LogP contribution is 2.21. The summed E-state index contributed by atoms with van der Waals surface area (Å²) in [7, 11) is 0. The molecule has 2 rings (SSSR count). The third-order valence-corrected chi connectivity index (χ3v) is 4.00. The average molecular weight is 353 g/mol. The van der Waals surface area contributed by atoms with Gasteiger partial charge in [-0.05, 0) is 43.2 Å². The van der Waals surface area contributed by atoms with Gasteiger partial charge in [0.25, 0.3) is 0 Å². The van der Waals surface area contributed by atoms with E-state index in [1.54, 1.807) is 0 Å². The molecule has 0 saturated carbocycles. The molecular formula is C21H27N3O2. The smallest absolute Gasteiger partial charge is 0.243 e. The predicted molar refractivity (Wildman–Crippen MR) is 108 cm³/mol. The van der Waals surface area contributed by atoms with Crippen molar-refractivity contribution in [2.75, 3.05) is 22.5 Å². The fourth-order valence-corrected chi connectivity index (χ4v) is 2.40. The number of nitrogens with one attached hydrogen (secondary N) is 3. The van der Waals surface area contributed by atoms with E-state index in [-0.39, 0.29) is 18.4 Å². The summed E-state index contributed by atoms with van der Waals surface area (Å²) in [4.78, 5) is 24.3. The summed E-state index contributed by atoms with van der Waals surface area (Å²) >= 11 is 0. The lowest BCUT2D eigenvalue weighted by Crippen LogP contribution is -2.27. The summed E-state index contributed by atoms with van der Waals surface area (Å²) in [5.74, 6) is -0.172. The van der Waals surface area contributed by atoms with Gasteiger partial charge in [0.05, 0.1) is 6.54 Å². The second-order valence-electron chi connectivity index (χ2n) is 7.45. The quantitative estimate of drug-likeness (QED) is 0.749. The maximum absolute atomic E-state index is 12.2. The van der Waals surface area contributed by atoms with Crippen LogP contribution in [0.25, 0.3) is 0 Å². The third kappa shape index (κ3) is 5.34. The average Bonchev–Trinajstić information content (AvgIpc) is 2.56. The Hall–Kier alpha value is -2.82. The number of aryl methyl sites for hydroxylation is 2. The van der Waals surface area contributed by atoms with Crippen LogP contribution in [0.4, 0.5) is 17.1 Å². The number of carbonyl (C=O) groups excluding carboxylic acids is 2. The molecule has 2 aromatic rings. The molecule has 0 aliphatic heterocycles. The summed E-state index contributed by atoms with van der Waals surface area (Å²) in [6.45, 7) is 9.67. The Bertz CT molecular complexity index is 787. The van der Waals surface area contributed by atoms with Crippen LogP contribution >= 0.6 is 0 Å². The molecule has 0 aromatic heterocycles. The lowest BCUT2D eigenvalue weighted by Gasteiger charge is -2.18. The van der Waals surface area contributed by atoms with Crippen LogP contribution in [0, 0.1) is 19.3 Å². The number of hydrogen-bond acceptors (Lipinski definition) is 3. The molecule has 138 valence electrons. The summed E-state index contributed by atoms with van der Waals surface area (Å²) < 4.78 is 0. The number of para-hydroxylation sites is 1. The van der Waals surface area contributed by atoms with Crippen molar-refractivity contribution in [2.45, 2.75) is 34.6 Å². The maximum atomic E-state index is 12.2. The van der Waals surface area contributed by atoms with Crippen molar-refractivity contribution in [3.63, 3.8) is 0 Å². The second-order valence-corrected chi connectivity index (χ2v) is 7.45. The van der Waals surface area contributed by atoms with Crippen LogP contribution in [0.15, 0.2) is 42.5 Å². The molecular weight excluding hydrogens is 326 g/mol. The minimum atomic E-state index is -0.464. The molecule has 0 fully saturated rings. The minimum Gasteiger partial charge on any atom is -0.376 e. The fourth-order valence-electron chi connectivity index (χ4n) is 2.40. The number of amides is 2. The van der Waals surface area contributed by atoms with Crippen molar-refractivity contribution in [1.29, 1.82) is 0 Å². The van der Waals surface area contributed by atoms with Gasteiger partial charge in [-0.25, -0.2) is 0 Å². The van der Waals surface area contributed by atoms with E-state index in [0.29, 0.717) is 5.69 Å². The van der Waals surface area contributed by atoms with E-state index < -0.39 is 5.41 Å². The number of hydrogen-bond donors (Lipinski definition) is 3. The first-order chi connectivity index (χ1) is 12.2. The summed E-state index contributed by atoms with van der Waals surface area (Å²) in [6, 6.07) is 13.2. The lowest BCUT2D eigenvalue weighted by molar-refractivity contribution is -0.123. The zero-order valence-electron chi connectivity index (χ0n) is 16.1. The van der Waals surface area contributed by atoms with Gasteiger partial charge in [-0.1, -0.05) is 45.0 Å². The number of benzene rings is 2. The molecule has 0 aliphatic rings. The molecule has 5 heteroatoms. The van der Waals surface area contributed by atoms with Crippen LogP contribution in [0.1, 0.15) is 31.9 Å². The molecule has 0 spiro atoms. The monoisotopic (exact) mass is 353 g/mol. The van der Waals surface area contributed by atoms with E-state index in [2.05, 4.69) is 16.0 Å². The molecule has 26 heavy (non-hydrogen) atoms. The first kappa shape index (κ1) is 19.5. The van der Waals surface area contributed by atoms with Crippen molar-refractivity contribution < 1.29 is 9.59 Å². The Morgan fingerprint density at radius 1 is 0.885 bits per heavy atom. The Morgan fingerprint density at radius 3 is 2.08 bits per heavy atom. The van der Waals surface area contributed by atoms with Gasteiger partial charge in [-0.2, -0.15) is 0 Å². The summed E-state index contributed by atoms with van der Waals surface area (Å²) in [5, 5.41) is 8.92. The standard InChI is InChI=1S/C21H27N3O2/c1-14-8-6-9-15(2)19(14)24-18(25)13-22-16-10-7-11-17(12-16)23-20(26)21(3,4)5/h6-12,22H,13H2,1-5H3,(H,23,26)(H,24,25). The lowest BCUT2D eigenvalue weighted by atomic mass is 9.95. The minimum absolute atomic E-state index is 0.0533. The van der Waals surface area contributed by atoms with Crippen molar-refractivity contribution in [3.05, 3.63) is 53.6 Å². The zero-order chi connectivity index (χ0) is 19.3. The Morgan fingerprint density at radius 2 is 1.46 bits per heavy atom. The fraction of sp³-hybridized carbons (Fsp3) is 0.333. The first-order valence-corrected chi connectivity index (χ1v) is 8.68. The number of anilines is 3. The van der Waals surface area contributed by atoms with Gasteiger partial charge < -0.3 is 16.0 Å². The van der Waals surface area contributed by atoms with Crippen LogP contribution in [-0.2, 0) is 9.59 Å². The van der Waals surface area contributed by atoms with Crippen molar-refractivity contribution in [2.24, 2.45) is 5.41 Å². The van der Waals surface area contributed by atoms with E-state index in [1.165, 1.54) is 0 Å². The van der Waals surface area contributed by atoms with Crippen LogP contribution in [-0.4, -0.2) is 18.4 Å². The van der Waals surface area contributed by atoms with E-state index in [1.807, 2.05) is 77.1 Å². The van der Waals surface area contributed by atoms with Crippen LogP contribution in [0.3, 0.4) is 0 Å². The molecule has 0 radical (unpaired) electrons. The molecule has 2 amide bonds.